The number of esters is 1. The van der Waals surface area contributed by atoms with Crippen LogP contribution in [0.5, 0.6) is 0 Å². The number of hydrazone groups is 1. The molecule has 1 aromatic rings. The Bertz CT molecular complexity index is 554. The van der Waals surface area contributed by atoms with Gasteiger partial charge < -0.3 is 4.74 Å². The van der Waals surface area contributed by atoms with Crippen LogP contribution in [-0.2, 0) is 14.3 Å². The van der Waals surface area contributed by atoms with Crippen LogP contribution in [0.25, 0.3) is 0 Å². The van der Waals surface area contributed by atoms with Crippen molar-refractivity contribution in [2.45, 2.75) is 13.8 Å². The van der Waals surface area contributed by atoms with Crippen molar-refractivity contribution in [3.05, 3.63) is 28.7 Å². The molecule has 1 atom stereocenters. The van der Waals surface area contributed by atoms with Gasteiger partial charge in [0.05, 0.1) is 18.8 Å². The van der Waals surface area contributed by atoms with Crippen LogP contribution in [0.15, 0.2) is 33.8 Å². The second kappa shape index (κ2) is 6.17. The summed E-state index contributed by atoms with van der Waals surface area (Å²) < 4.78 is 5.96. The van der Waals surface area contributed by atoms with Gasteiger partial charge in [0.15, 0.2) is 5.78 Å². The number of ether oxygens (including phenoxy) is 1. The summed E-state index contributed by atoms with van der Waals surface area (Å²) in [6.07, 6.45) is 0. The van der Waals surface area contributed by atoms with Gasteiger partial charge in [-0.05, 0) is 31.2 Å². The minimum Gasteiger partial charge on any atom is -0.465 e. The lowest BCUT2D eigenvalue weighted by Crippen LogP contribution is -2.31. The van der Waals surface area contributed by atoms with Crippen LogP contribution in [0.4, 0.5) is 5.69 Å². The molecule has 1 aliphatic heterocycles. The summed E-state index contributed by atoms with van der Waals surface area (Å²) >= 11 is 3.36. The van der Waals surface area contributed by atoms with Gasteiger partial charge in [-0.25, -0.2) is 0 Å². The molecular weight excluding hydrogens is 324 g/mol. The van der Waals surface area contributed by atoms with Gasteiger partial charge in [-0.2, -0.15) is 5.10 Å². The highest BCUT2D eigenvalue weighted by Gasteiger charge is 2.36. The van der Waals surface area contributed by atoms with Crippen molar-refractivity contribution >= 4 is 39.1 Å². The Morgan fingerprint density at radius 3 is 2.60 bits per heavy atom. The van der Waals surface area contributed by atoms with Gasteiger partial charge in [0.2, 0.25) is 0 Å². The Balaban J connectivity index is 2.24. The van der Waals surface area contributed by atoms with E-state index in [2.05, 4.69) is 21.0 Å². The molecular formula is C14H15BrN2O3. The van der Waals surface area contributed by atoms with Gasteiger partial charge in [-0.3, -0.25) is 14.6 Å². The molecule has 0 aliphatic carbocycles. The van der Waals surface area contributed by atoms with Gasteiger partial charge in [0.1, 0.15) is 11.6 Å². The van der Waals surface area contributed by atoms with E-state index < -0.39 is 11.9 Å². The number of Topliss-reactive ketones (excluding diaryl/α,β-unsaturated/α-hetero) is 1. The van der Waals surface area contributed by atoms with E-state index in [1.165, 1.54) is 6.92 Å². The molecule has 2 rings (SSSR count). The van der Waals surface area contributed by atoms with E-state index in [4.69, 9.17) is 4.74 Å². The molecule has 0 saturated heterocycles. The Hall–Kier alpha value is -1.69. The van der Waals surface area contributed by atoms with E-state index in [1.54, 1.807) is 11.9 Å². The molecule has 106 valence electrons. The molecule has 0 fully saturated rings. The molecule has 20 heavy (non-hydrogen) atoms. The lowest BCUT2D eigenvalue weighted by molar-refractivity contribution is -0.145. The molecule has 0 bridgehead atoms. The van der Waals surface area contributed by atoms with Crippen molar-refractivity contribution in [2.75, 3.05) is 18.2 Å². The summed E-state index contributed by atoms with van der Waals surface area (Å²) in [6.45, 7) is 3.77. The summed E-state index contributed by atoms with van der Waals surface area (Å²) in [5.41, 5.74) is 1.09. The van der Waals surface area contributed by atoms with Gasteiger partial charge in [0.25, 0.3) is 0 Å². The van der Waals surface area contributed by atoms with Crippen LogP contribution in [0.3, 0.4) is 0 Å². The van der Waals surface area contributed by atoms with Crippen LogP contribution < -0.4 is 5.01 Å². The fourth-order valence-corrected chi connectivity index (χ4v) is 2.29. The SMILES string of the molecule is CCOC(=O)[C@H]1CN(c2ccc(Br)cc2)N=C1C(C)=O. The fraction of sp³-hybridized carbons (Fsp3) is 0.357. The van der Waals surface area contributed by atoms with E-state index in [9.17, 15) is 9.59 Å². The molecule has 5 nitrogen and oxygen atoms in total. The van der Waals surface area contributed by atoms with Crippen molar-refractivity contribution in [1.82, 2.24) is 0 Å². The third-order valence-electron chi connectivity index (χ3n) is 2.97. The molecule has 1 heterocycles. The molecule has 1 aromatic carbocycles. The van der Waals surface area contributed by atoms with Gasteiger partial charge in [0, 0.05) is 11.4 Å². The Labute approximate surface area is 125 Å². The lowest BCUT2D eigenvalue weighted by atomic mass is 10.0. The van der Waals surface area contributed by atoms with Crippen LogP contribution >= 0.6 is 15.9 Å². The number of benzene rings is 1. The monoisotopic (exact) mass is 338 g/mol. The van der Waals surface area contributed by atoms with Crippen molar-refractivity contribution in [3.63, 3.8) is 0 Å². The second-order valence-corrected chi connectivity index (χ2v) is 5.32. The van der Waals surface area contributed by atoms with Crippen molar-refractivity contribution in [2.24, 2.45) is 11.0 Å². The van der Waals surface area contributed by atoms with Gasteiger partial charge in [-0.15, -0.1) is 0 Å². The maximum absolute atomic E-state index is 11.9. The minimum absolute atomic E-state index is 0.206. The molecule has 0 N–H and O–H groups in total. The summed E-state index contributed by atoms with van der Waals surface area (Å²) in [5, 5.41) is 5.91. The lowest BCUT2D eigenvalue weighted by Gasteiger charge is -2.15. The number of hydrogen-bond donors (Lipinski definition) is 0. The minimum atomic E-state index is -0.615. The predicted octanol–water partition coefficient (Wildman–Crippen LogP) is 2.39. The molecule has 0 radical (unpaired) electrons. The van der Waals surface area contributed by atoms with Crippen molar-refractivity contribution in [1.29, 1.82) is 0 Å². The number of halogens is 1. The third kappa shape index (κ3) is 3.07. The van der Waals surface area contributed by atoms with Crippen molar-refractivity contribution in [3.8, 4) is 0 Å². The zero-order valence-corrected chi connectivity index (χ0v) is 12.9. The Morgan fingerprint density at radius 1 is 1.40 bits per heavy atom. The summed E-state index contributed by atoms with van der Waals surface area (Å²) in [5.74, 6) is -1.22. The predicted molar refractivity (Wildman–Crippen MR) is 79.7 cm³/mol. The first-order valence-corrected chi connectivity index (χ1v) is 7.11. The van der Waals surface area contributed by atoms with Gasteiger partial charge >= 0.3 is 5.97 Å². The Morgan fingerprint density at radius 2 is 2.05 bits per heavy atom. The zero-order valence-electron chi connectivity index (χ0n) is 11.3. The van der Waals surface area contributed by atoms with Crippen molar-refractivity contribution < 1.29 is 14.3 Å². The summed E-state index contributed by atoms with van der Waals surface area (Å²) in [6, 6.07) is 7.52. The highest BCUT2D eigenvalue weighted by molar-refractivity contribution is 9.10. The topological polar surface area (TPSA) is 59.0 Å². The second-order valence-electron chi connectivity index (χ2n) is 4.40. The molecule has 0 aromatic heterocycles. The molecule has 1 aliphatic rings. The first-order chi connectivity index (χ1) is 9.52. The fourth-order valence-electron chi connectivity index (χ4n) is 2.02. The molecule has 0 spiro atoms. The molecule has 6 heteroatoms. The van der Waals surface area contributed by atoms with Crippen LogP contribution in [0.1, 0.15) is 13.8 Å². The number of hydrogen-bond acceptors (Lipinski definition) is 5. The standard InChI is InChI=1S/C14H15BrN2O3/c1-3-20-14(19)12-8-17(16-13(12)9(2)18)11-6-4-10(15)5-7-11/h4-7,12H,3,8H2,1-2H3/t12-/m0/s1. The first-order valence-electron chi connectivity index (χ1n) is 6.32. The normalized spacial score (nSPS) is 17.9. The van der Waals surface area contributed by atoms with Crippen LogP contribution in [0, 0.1) is 5.92 Å². The van der Waals surface area contributed by atoms with E-state index in [1.807, 2.05) is 24.3 Å². The third-order valence-corrected chi connectivity index (χ3v) is 3.50. The molecule has 0 unspecified atom stereocenters. The largest absolute Gasteiger partial charge is 0.465 e. The highest BCUT2D eigenvalue weighted by atomic mass is 79.9. The number of ketones is 1. The van der Waals surface area contributed by atoms with Crippen LogP contribution in [-0.4, -0.2) is 30.6 Å². The molecule has 0 amide bonds. The first kappa shape index (κ1) is 14.7. The maximum atomic E-state index is 11.9. The maximum Gasteiger partial charge on any atom is 0.317 e. The Kier molecular flexibility index (Phi) is 4.54. The number of carbonyl (C=O) groups is 2. The summed E-state index contributed by atoms with van der Waals surface area (Å²) in [7, 11) is 0. The van der Waals surface area contributed by atoms with E-state index in [-0.39, 0.29) is 11.5 Å². The van der Waals surface area contributed by atoms with E-state index in [0.29, 0.717) is 13.2 Å². The van der Waals surface area contributed by atoms with E-state index in [0.717, 1.165) is 10.2 Å². The quantitative estimate of drug-likeness (QED) is 0.791. The zero-order chi connectivity index (χ0) is 14.7. The van der Waals surface area contributed by atoms with Crippen LogP contribution in [0.2, 0.25) is 0 Å². The smallest absolute Gasteiger partial charge is 0.317 e. The van der Waals surface area contributed by atoms with E-state index >= 15 is 0 Å². The number of nitrogens with zero attached hydrogens (tertiary/aromatic N) is 2. The summed E-state index contributed by atoms with van der Waals surface area (Å²) in [4.78, 5) is 23.5. The highest BCUT2D eigenvalue weighted by Crippen LogP contribution is 2.25. The number of rotatable bonds is 4. The molecule has 0 saturated carbocycles. The number of carbonyl (C=O) groups excluding carboxylic acids is 2. The average molecular weight is 339 g/mol. The number of anilines is 1. The van der Waals surface area contributed by atoms with Gasteiger partial charge in [-0.1, -0.05) is 15.9 Å². The average Bonchev–Trinajstić information content (AvgIpc) is 2.85.